The minimum Gasteiger partial charge on any atom is -0.550 e. The highest BCUT2D eigenvalue weighted by atomic mass is 32.2. The molecule has 0 spiro atoms. The zero-order chi connectivity index (χ0) is 30.5. The van der Waals surface area contributed by atoms with Crippen molar-refractivity contribution in [1.82, 2.24) is 10.6 Å². The van der Waals surface area contributed by atoms with E-state index in [1.165, 1.54) is 13.8 Å². The Morgan fingerprint density at radius 1 is 1.07 bits per heavy atom. The van der Waals surface area contributed by atoms with E-state index in [0.29, 0.717) is 4.48 Å². The molecule has 0 aliphatic carbocycles. The number of ketones is 1. The summed E-state index contributed by atoms with van der Waals surface area (Å²) in [6, 6.07) is 0. The summed E-state index contributed by atoms with van der Waals surface area (Å²) in [7, 11) is 5.33. The van der Waals surface area contributed by atoms with Crippen LogP contribution in [0.3, 0.4) is 0 Å². The third-order valence-electron chi connectivity index (χ3n) is 5.46. The molecule has 0 aromatic carbocycles. The lowest BCUT2D eigenvalue weighted by atomic mass is 9.86. The summed E-state index contributed by atoms with van der Waals surface area (Å²) in [6.07, 6.45) is -5.39. The number of hydrogen-bond acceptors (Lipinski definition) is 12. The Labute approximate surface area is 237 Å². The number of likely N-dealkylation sites (N-methyl/N-ethyl adjacent to an activating group) is 1. The maximum atomic E-state index is 13.0. The number of carboxylic acid groups (broad SMARTS) is 1. The molecule has 1 aliphatic heterocycles. The summed E-state index contributed by atoms with van der Waals surface area (Å²) >= 11 is 0.898. The first-order valence-corrected chi connectivity index (χ1v) is 13.7. The zero-order valence-corrected chi connectivity index (χ0v) is 24.4. The number of nitrogens with one attached hydrogen (secondary N) is 2. The van der Waals surface area contributed by atoms with E-state index >= 15 is 0 Å². The van der Waals surface area contributed by atoms with Gasteiger partial charge in [0.1, 0.15) is 18.9 Å². The number of aliphatic carboxylic acids is 1. The minimum atomic E-state index is -1.50. The summed E-state index contributed by atoms with van der Waals surface area (Å²) in [5.74, 6) is -3.64. The Morgan fingerprint density at radius 2 is 1.75 bits per heavy atom. The largest absolute Gasteiger partial charge is 0.550 e. The summed E-state index contributed by atoms with van der Waals surface area (Å²) in [4.78, 5) is 85.0. The molecule has 0 aromatic rings. The van der Waals surface area contributed by atoms with Crippen molar-refractivity contribution in [1.29, 1.82) is 0 Å². The fourth-order valence-electron chi connectivity index (χ4n) is 3.57. The lowest BCUT2D eigenvalue weighted by Gasteiger charge is -2.32. The van der Waals surface area contributed by atoms with Crippen LogP contribution in [-0.2, 0) is 43.0 Å². The summed E-state index contributed by atoms with van der Waals surface area (Å²) in [5, 5.41) is 15.8. The van der Waals surface area contributed by atoms with Gasteiger partial charge in [0.25, 0.3) is 5.91 Å². The van der Waals surface area contributed by atoms with Crippen LogP contribution < -0.4 is 15.7 Å². The van der Waals surface area contributed by atoms with Crippen molar-refractivity contribution in [2.75, 3.05) is 53.1 Å². The maximum absolute atomic E-state index is 13.0. The van der Waals surface area contributed by atoms with Crippen molar-refractivity contribution in [2.45, 2.75) is 58.2 Å². The first-order chi connectivity index (χ1) is 18.5. The van der Waals surface area contributed by atoms with Crippen LogP contribution in [0.25, 0.3) is 0 Å². The zero-order valence-electron chi connectivity index (χ0n) is 23.6. The van der Waals surface area contributed by atoms with E-state index in [2.05, 4.69) is 10.6 Å². The molecule has 2 N–H and O–H groups in total. The van der Waals surface area contributed by atoms with Crippen molar-refractivity contribution < 1.29 is 57.4 Å². The van der Waals surface area contributed by atoms with Crippen molar-refractivity contribution >= 4 is 52.6 Å². The van der Waals surface area contributed by atoms with E-state index < -0.39 is 60.4 Å². The predicted molar refractivity (Wildman–Crippen MR) is 139 cm³/mol. The number of hydrogen-bond donors (Lipinski definition) is 2. The van der Waals surface area contributed by atoms with Crippen molar-refractivity contribution in [2.24, 2.45) is 5.41 Å². The van der Waals surface area contributed by atoms with Gasteiger partial charge in [-0.25, -0.2) is 4.79 Å². The van der Waals surface area contributed by atoms with Gasteiger partial charge in [0.15, 0.2) is 17.3 Å². The van der Waals surface area contributed by atoms with Crippen molar-refractivity contribution in [3.8, 4) is 0 Å². The molecule has 0 radical (unpaired) electrons. The van der Waals surface area contributed by atoms with Gasteiger partial charge in [-0.3, -0.25) is 24.0 Å². The fraction of sp³-hybridized carbons (Fsp3) is 0.720. The number of carbonyl (C=O) groups is 7. The highest BCUT2D eigenvalue weighted by Crippen LogP contribution is 2.26. The average Bonchev–Trinajstić information content (AvgIpc) is 2.80. The highest BCUT2D eigenvalue weighted by molar-refractivity contribution is 8.13. The molecule has 2 amide bonds. The van der Waals surface area contributed by atoms with Gasteiger partial charge in [-0.1, -0.05) is 25.6 Å². The van der Waals surface area contributed by atoms with Crippen LogP contribution in [0.2, 0.25) is 0 Å². The third-order valence-corrected chi connectivity index (χ3v) is 6.33. The van der Waals surface area contributed by atoms with Gasteiger partial charge in [-0.05, 0) is 0 Å². The number of carbonyl (C=O) groups excluding carboxylic acids is 7. The van der Waals surface area contributed by atoms with E-state index in [9.17, 15) is 38.7 Å². The van der Waals surface area contributed by atoms with Crippen LogP contribution in [-0.4, -0.2) is 111 Å². The maximum Gasteiger partial charge on any atom is 0.508 e. The van der Waals surface area contributed by atoms with Gasteiger partial charge in [0.05, 0.1) is 34.0 Å². The molecular weight excluding hydrogens is 550 g/mol. The number of nitrogens with zero attached hydrogens (tertiary/aromatic N) is 1. The molecule has 14 nitrogen and oxygen atoms in total. The summed E-state index contributed by atoms with van der Waals surface area (Å²) < 4.78 is 16.0. The molecule has 15 heteroatoms. The lowest BCUT2D eigenvalue weighted by Crippen LogP contribution is -2.49. The monoisotopic (exact) mass is 589 g/mol. The smallest absolute Gasteiger partial charge is 0.508 e. The number of amides is 2. The molecule has 0 saturated carbocycles. The van der Waals surface area contributed by atoms with Crippen LogP contribution >= 0.6 is 11.8 Å². The van der Waals surface area contributed by atoms with Crippen LogP contribution in [0.1, 0.15) is 46.0 Å². The quantitative estimate of drug-likeness (QED) is 0.198. The molecule has 1 heterocycles. The second-order valence-electron chi connectivity index (χ2n) is 11.0. The highest BCUT2D eigenvalue weighted by Gasteiger charge is 2.40. The van der Waals surface area contributed by atoms with Gasteiger partial charge >= 0.3 is 12.1 Å². The Morgan fingerprint density at radius 3 is 2.38 bits per heavy atom. The number of esters is 1. The summed E-state index contributed by atoms with van der Waals surface area (Å²) in [6.45, 7) is 2.77. The Bertz CT molecular complexity index is 962. The number of quaternary nitrogens is 1. The van der Waals surface area contributed by atoms with Crippen LogP contribution in [0.5, 0.6) is 0 Å². The summed E-state index contributed by atoms with van der Waals surface area (Å²) in [5.41, 5.74) is -1.31. The number of Topliss-reactive ketones (excluding diaryl/α,β-unsaturated/α-hetero) is 1. The molecule has 2 atom stereocenters. The number of cyclic esters (lactones) is 1. The topological polar surface area (TPSA) is 194 Å². The third kappa shape index (κ3) is 14.8. The first-order valence-electron chi connectivity index (χ1n) is 12.7. The van der Waals surface area contributed by atoms with E-state index in [4.69, 9.17) is 14.2 Å². The molecule has 0 aromatic heterocycles. The molecule has 40 heavy (non-hydrogen) atoms. The van der Waals surface area contributed by atoms with Gasteiger partial charge in [0, 0.05) is 49.5 Å². The van der Waals surface area contributed by atoms with Gasteiger partial charge in [-0.2, -0.15) is 0 Å². The van der Waals surface area contributed by atoms with Crippen molar-refractivity contribution in [3.05, 3.63) is 0 Å². The fourth-order valence-corrected chi connectivity index (χ4v) is 4.26. The predicted octanol–water partition coefficient (Wildman–Crippen LogP) is -1.07. The van der Waals surface area contributed by atoms with E-state index in [1.807, 2.05) is 0 Å². The normalized spacial score (nSPS) is 19.9. The lowest BCUT2D eigenvalue weighted by molar-refractivity contribution is -0.873. The molecule has 0 bridgehead atoms. The Hall–Kier alpha value is -3.20. The van der Waals surface area contributed by atoms with E-state index in [-0.39, 0.29) is 62.1 Å². The van der Waals surface area contributed by atoms with Gasteiger partial charge in [0.2, 0.25) is 5.91 Å². The molecule has 1 rings (SSSR count). The second-order valence-corrected chi connectivity index (χ2v) is 12.2. The van der Waals surface area contributed by atoms with Crippen LogP contribution in [0, 0.1) is 5.41 Å². The van der Waals surface area contributed by atoms with E-state index in [0.717, 1.165) is 11.8 Å². The molecule has 1 saturated heterocycles. The van der Waals surface area contributed by atoms with Crippen molar-refractivity contribution in [3.63, 3.8) is 0 Å². The number of rotatable bonds is 8. The molecule has 0 unspecified atom stereocenters. The van der Waals surface area contributed by atoms with Gasteiger partial charge < -0.3 is 39.2 Å². The standard InChI is InChI=1S/C25H39N3O11S/c1-25(2,15-37-24(36)38-17(13-19(31)32)14-28(3,4)5)22-23(35)27-9-8-18(30)26-10-11-40-21(34)12-16(29)6-7-20(33)39-22/h17,22H,6-15H2,1-5H3,(H2-,26,27,30,31,32,35)/t17-,22+/m1/s1. The number of ether oxygens (including phenoxy) is 3. The van der Waals surface area contributed by atoms with E-state index in [1.54, 1.807) is 21.1 Å². The Balaban J connectivity index is 2.96. The van der Waals surface area contributed by atoms with Crippen LogP contribution in [0.4, 0.5) is 4.79 Å². The molecular formula is C25H39N3O11S. The first kappa shape index (κ1) is 34.8. The van der Waals surface area contributed by atoms with Gasteiger partial charge in [-0.15, -0.1) is 0 Å². The molecule has 1 aliphatic rings. The molecule has 226 valence electrons. The molecule has 1 fully saturated rings. The van der Waals surface area contributed by atoms with Crippen LogP contribution in [0.15, 0.2) is 0 Å². The average molecular weight is 590 g/mol. The Kier molecular flexibility index (Phi) is 14.1. The number of thioether (sulfide) groups is 1. The second kappa shape index (κ2) is 16.2. The SMILES string of the molecule is CC(C)(COC(=O)O[C@H](CC(=O)[O-])C[N+](C)(C)C)[C@H]1OC(=O)CCC(=O)CC(=O)SCCNC(=O)CCNC1=O. The number of carboxylic acids is 1. The minimum absolute atomic E-state index is 0.0845.